The second-order valence-corrected chi connectivity index (χ2v) is 5.46. The maximum absolute atomic E-state index is 11.7. The lowest BCUT2D eigenvalue weighted by molar-refractivity contribution is -0.124. The van der Waals surface area contributed by atoms with E-state index in [9.17, 15) is 4.79 Å². The zero-order valence-corrected chi connectivity index (χ0v) is 12.4. The van der Waals surface area contributed by atoms with Crippen LogP contribution in [0.3, 0.4) is 0 Å². The Balaban J connectivity index is 1.76. The van der Waals surface area contributed by atoms with E-state index >= 15 is 0 Å². The highest BCUT2D eigenvalue weighted by molar-refractivity contribution is 6.42. The molecular formula is C13H12Cl2N4O2. The summed E-state index contributed by atoms with van der Waals surface area (Å²) in [6.45, 7) is 1.36. The number of piperazine rings is 1. The molecule has 0 radical (unpaired) electrons. The SMILES string of the molecule is O=C1NCCNC1Cc1nc(-c2ccc(Cl)c(Cl)c2)no1. The summed E-state index contributed by atoms with van der Waals surface area (Å²) >= 11 is 11.8. The van der Waals surface area contributed by atoms with Gasteiger partial charge in [0.05, 0.1) is 22.5 Å². The number of hydrogen-bond acceptors (Lipinski definition) is 5. The summed E-state index contributed by atoms with van der Waals surface area (Å²) in [5.74, 6) is 0.751. The van der Waals surface area contributed by atoms with Crippen molar-refractivity contribution in [1.29, 1.82) is 0 Å². The quantitative estimate of drug-likeness (QED) is 0.896. The summed E-state index contributed by atoms with van der Waals surface area (Å²) in [7, 11) is 0. The molecule has 2 N–H and O–H groups in total. The van der Waals surface area contributed by atoms with Crippen LogP contribution in [0.25, 0.3) is 11.4 Å². The first kappa shape index (κ1) is 14.3. The van der Waals surface area contributed by atoms with Gasteiger partial charge in [-0.1, -0.05) is 28.4 Å². The third-order valence-electron chi connectivity index (χ3n) is 3.16. The largest absolute Gasteiger partial charge is 0.353 e. The predicted molar refractivity (Wildman–Crippen MR) is 78.3 cm³/mol. The number of nitrogens with zero attached hydrogens (tertiary/aromatic N) is 2. The van der Waals surface area contributed by atoms with E-state index in [1.54, 1.807) is 18.2 Å². The van der Waals surface area contributed by atoms with Crippen LogP contribution in [0.2, 0.25) is 10.0 Å². The molecule has 21 heavy (non-hydrogen) atoms. The van der Waals surface area contributed by atoms with E-state index in [0.29, 0.717) is 40.3 Å². The van der Waals surface area contributed by atoms with Gasteiger partial charge in [-0.25, -0.2) is 0 Å². The van der Waals surface area contributed by atoms with E-state index in [1.807, 2.05) is 0 Å². The Labute approximate surface area is 130 Å². The number of halogens is 2. The van der Waals surface area contributed by atoms with Crippen LogP contribution < -0.4 is 10.6 Å². The molecule has 1 fully saturated rings. The van der Waals surface area contributed by atoms with Crippen LogP contribution in [-0.2, 0) is 11.2 Å². The maximum Gasteiger partial charge on any atom is 0.237 e. The van der Waals surface area contributed by atoms with Gasteiger partial charge in [0.2, 0.25) is 17.6 Å². The Bertz CT molecular complexity index is 674. The second kappa shape index (κ2) is 6.01. The zero-order chi connectivity index (χ0) is 14.8. The van der Waals surface area contributed by atoms with E-state index in [4.69, 9.17) is 27.7 Å². The number of carbonyl (C=O) groups excluding carboxylic acids is 1. The van der Waals surface area contributed by atoms with Crippen LogP contribution in [0, 0.1) is 0 Å². The second-order valence-electron chi connectivity index (χ2n) is 4.64. The lowest BCUT2D eigenvalue weighted by atomic mass is 10.1. The summed E-state index contributed by atoms with van der Waals surface area (Å²) in [5.41, 5.74) is 0.709. The molecule has 1 aliphatic heterocycles. The Morgan fingerprint density at radius 3 is 2.90 bits per heavy atom. The van der Waals surface area contributed by atoms with Crippen molar-refractivity contribution < 1.29 is 9.32 Å². The molecule has 1 aliphatic rings. The van der Waals surface area contributed by atoms with Crippen molar-refractivity contribution >= 4 is 29.1 Å². The number of benzene rings is 1. The molecular weight excluding hydrogens is 315 g/mol. The molecule has 0 bridgehead atoms. The molecule has 8 heteroatoms. The smallest absolute Gasteiger partial charge is 0.237 e. The van der Waals surface area contributed by atoms with Gasteiger partial charge in [0.15, 0.2) is 0 Å². The van der Waals surface area contributed by atoms with Crippen LogP contribution in [-0.4, -0.2) is 35.2 Å². The lowest BCUT2D eigenvalue weighted by Gasteiger charge is -2.21. The van der Waals surface area contributed by atoms with Gasteiger partial charge in [0, 0.05) is 18.7 Å². The van der Waals surface area contributed by atoms with Gasteiger partial charge in [-0.15, -0.1) is 0 Å². The number of aromatic nitrogens is 2. The summed E-state index contributed by atoms with van der Waals surface area (Å²) in [4.78, 5) is 15.9. The van der Waals surface area contributed by atoms with E-state index in [-0.39, 0.29) is 11.9 Å². The fourth-order valence-electron chi connectivity index (χ4n) is 2.08. The van der Waals surface area contributed by atoms with Crippen LogP contribution in [0.4, 0.5) is 0 Å². The molecule has 0 aliphatic carbocycles. The molecule has 0 saturated carbocycles. The van der Waals surface area contributed by atoms with Crippen LogP contribution in [0.15, 0.2) is 22.7 Å². The molecule has 1 aromatic heterocycles. The van der Waals surface area contributed by atoms with Gasteiger partial charge < -0.3 is 15.2 Å². The normalized spacial score (nSPS) is 18.6. The van der Waals surface area contributed by atoms with Crippen LogP contribution in [0.1, 0.15) is 5.89 Å². The van der Waals surface area contributed by atoms with E-state index in [0.717, 1.165) is 6.54 Å². The predicted octanol–water partition coefficient (Wildman–Crippen LogP) is 1.67. The van der Waals surface area contributed by atoms with E-state index in [2.05, 4.69) is 20.8 Å². The highest BCUT2D eigenvalue weighted by atomic mass is 35.5. The summed E-state index contributed by atoms with van der Waals surface area (Å²) in [5, 5.41) is 10.7. The molecule has 1 unspecified atom stereocenters. The van der Waals surface area contributed by atoms with Crippen molar-refractivity contribution in [3.63, 3.8) is 0 Å². The number of hydrogen-bond donors (Lipinski definition) is 2. The first-order valence-electron chi connectivity index (χ1n) is 6.42. The molecule has 2 heterocycles. The molecule has 110 valence electrons. The van der Waals surface area contributed by atoms with Gasteiger partial charge in [-0.2, -0.15) is 4.98 Å². The van der Waals surface area contributed by atoms with Crippen molar-refractivity contribution in [2.45, 2.75) is 12.5 Å². The number of carbonyl (C=O) groups is 1. The highest BCUT2D eigenvalue weighted by Gasteiger charge is 2.24. The summed E-state index contributed by atoms with van der Waals surface area (Å²) < 4.78 is 5.18. The first-order chi connectivity index (χ1) is 10.1. The fraction of sp³-hybridized carbons (Fsp3) is 0.308. The summed E-state index contributed by atoms with van der Waals surface area (Å²) in [6.07, 6.45) is 0.347. The number of rotatable bonds is 3. The van der Waals surface area contributed by atoms with Crippen molar-refractivity contribution in [3.8, 4) is 11.4 Å². The lowest BCUT2D eigenvalue weighted by Crippen LogP contribution is -2.53. The van der Waals surface area contributed by atoms with Crippen molar-refractivity contribution in [1.82, 2.24) is 20.8 Å². The van der Waals surface area contributed by atoms with Gasteiger partial charge >= 0.3 is 0 Å². The minimum Gasteiger partial charge on any atom is -0.353 e. The van der Waals surface area contributed by atoms with Crippen molar-refractivity contribution in [2.24, 2.45) is 0 Å². The molecule has 6 nitrogen and oxygen atoms in total. The molecule has 3 rings (SSSR count). The average molecular weight is 327 g/mol. The molecule has 2 aromatic rings. The average Bonchev–Trinajstić information content (AvgIpc) is 2.93. The van der Waals surface area contributed by atoms with Crippen LogP contribution >= 0.6 is 23.2 Å². The summed E-state index contributed by atoms with van der Waals surface area (Å²) in [6, 6.07) is 4.75. The fourth-order valence-corrected chi connectivity index (χ4v) is 2.38. The van der Waals surface area contributed by atoms with Crippen molar-refractivity contribution in [2.75, 3.05) is 13.1 Å². The molecule has 1 saturated heterocycles. The molecule has 1 amide bonds. The van der Waals surface area contributed by atoms with Gasteiger partial charge in [0.25, 0.3) is 0 Å². The standard InChI is InChI=1S/C13H12Cl2N4O2/c14-8-2-1-7(5-9(8)15)12-18-11(21-19-12)6-10-13(20)17-4-3-16-10/h1-2,5,10,16H,3-4,6H2,(H,17,20). The number of nitrogens with one attached hydrogen (secondary N) is 2. The highest BCUT2D eigenvalue weighted by Crippen LogP contribution is 2.27. The zero-order valence-electron chi connectivity index (χ0n) is 10.9. The number of amides is 1. The van der Waals surface area contributed by atoms with E-state index in [1.165, 1.54) is 0 Å². The maximum atomic E-state index is 11.7. The molecule has 0 spiro atoms. The first-order valence-corrected chi connectivity index (χ1v) is 7.18. The Hall–Kier alpha value is -1.63. The van der Waals surface area contributed by atoms with E-state index < -0.39 is 0 Å². The Morgan fingerprint density at radius 1 is 1.29 bits per heavy atom. The minimum absolute atomic E-state index is 0.0597. The van der Waals surface area contributed by atoms with Crippen LogP contribution in [0.5, 0.6) is 0 Å². The third-order valence-corrected chi connectivity index (χ3v) is 3.90. The Kier molecular flexibility index (Phi) is 4.10. The van der Waals surface area contributed by atoms with Crippen molar-refractivity contribution in [3.05, 3.63) is 34.1 Å². The minimum atomic E-state index is -0.346. The van der Waals surface area contributed by atoms with Gasteiger partial charge in [-0.05, 0) is 18.2 Å². The third kappa shape index (κ3) is 3.18. The monoisotopic (exact) mass is 326 g/mol. The molecule has 1 aromatic carbocycles. The Morgan fingerprint density at radius 2 is 2.14 bits per heavy atom. The van der Waals surface area contributed by atoms with Gasteiger partial charge in [-0.3, -0.25) is 4.79 Å². The molecule has 1 atom stereocenters. The van der Waals surface area contributed by atoms with Gasteiger partial charge in [0.1, 0.15) is 0 Å². The topological polar surface area (TPSA) is 80.0 Å².